The van der Waals surface area contributed by atoms with Crippen LogP contribution in [0, 0.1) is 22.7 Å². The maximum Gasteiger partial charge on any atom is 0.267 e. The molecule has 25 heavy (non-hydrogen) atoms. The van der Waals surface area contributed by atoms with E-state index in [4.69, 9.17) is 10.5 Å². The van der Waals surface area contributed by atoms with Crippen LogP contribution in [0.5, 0.6) is 0 Å². The van der Waals surface area contributed by atoms with Crippen molar-refractivity contribution in [2.45, 2.75) is 6.42 Å². The highest BCUT2D eigenvalue weighted by molar-refractivity contribution is 9.10. The molecule has 6 heteroatoms. The van der Waals surface area contributed by atoms with E-state index < -0.39 is 5.91 Å². The summed E-state index contributed by atoms with van der Waals surface area (Å²) in [5.41, 5.74) is 1.80. The van der Waals surface area contributed by atoms with Gasteiger partial charge < -0.3 is 10.6 Å². The van der Waals surface area contributed by atoms with Crippen molar-refractivity contribution in [3.63, 3.8) is 0 Å². The number of anilines is 1. The minimum atomic E-state index is -0.557. The largest absolute Gasteiger partial charge is 0.389 e. The summed E-state index contributed by atoms with van der Waals surface area (Å²) < 4.78 is 1.02. The van der Waals surface area contributed by atoms with Gasteiger partial charge in [-0.2, -0.15) is 10.5 Å². The van der Waals surface area contributed by atoms with E-state index in [9.17, 15) is 4.79 Å². The molecular weight excluding hydrogens is 380 g/mol. The first-order valence-electron chi connectivity index (χ1n) is 7.53. The van der Waals surface area contributed by atoms with E-state index in [1.165, 1.54) is 6.20 Å². The van der Waals surface area contributed by atoms with Crippen molar-refractivity contribution < 1.29 is 4.79 Å². The van der Waals surface area contributed by atoms with Crippen LogP contribution in [0.15, 0.2) is 64.8 Å². The number of rotatable bonds is 6. The van der Waals surface area contributed by atoms with E-state index >= 15 is 0 Å². The maximum atomic E-state index is 12.2. The average molecular weight is 395 g/mol. The van der Waals surface area contributed by atoms with Gasteiger partial charge in [0.2, 0.25) is 0 Å². The van der Waals surface area contributed by atoms with Crippen LogP contribution in [-0.4, -0.2) is 12.5 Å². The zero-order chi connectivity index (χ0) is 18.1. The van der Waals surface area contributed by atoms with Gasteiger partial charge in [-0.25, -0.2) is 0 Å². The molecule has 0 spiro atoms. The number of nitrogens with zero attached hydrogens (tertiary/aromatic N) is 2. The van der Waals surface area contributed by atoms with Crippen LogP contribution < -0.4 is 10.6 Å². The SMILES string of the molecule is N#C/C(=C/NCCc1ccccc1Br)C(=O)Nc1ccccc1C#N. The van der Waals surface area contributed by atoms with E-state index in [0.29, 0.717) is 17.8 Å². The lowest BCUT2D eigenvalue weighted by Gasteiger charge is -2.07. The Morgan fingerprint density at radius 3 is 2.56 bits per heavy atom. The van der Waals surface area contributed by atoms with Gasteiger partial charge in [0, 0.05) is 17.2 Å². The van der Waals surface area contributed by atoms with Crippen LogP contribution in [0.4, 0.5) is 5.69 Å². The Hall–Kier alpha value is -3.09. The Balaban J connectivity index is 1.96. The molecule has 2 N–H and O–H groups in total. The number of hydrogen-bond acceptors (Lipinski definition) is 4. The van der Waals surface area contributed by atoms with Gasteiger partial charge in [0.25, 0.3) is 5.91 Å². The summed E-state index contributed by atoms with van der Waals surface area (Å²) in [6.07, 6.45) is 2.14. The van der Waals surface area contributed by atoms with Crippen molar-refractivity contribution in [1.82, 2.24) is 5.32 Å². The summed E-state index contributed by atoms with van der Waals surface area (Å²) in [6, 6.07) is 18.4. The molecule has 0 aliphatic rings. The number of halogens is 1. The first-order chi connectivity index (χ1) is 12.2. The van der Waals surface area contributed by atoms with Crippen LogP contribution in [0.1, 0.15) is 11.1 Å². The van der Waals surface area contributed by atoms with Crippen LogP contribution in [-0.2, 0) is 11.2 Å². The number of nitrogens with one attached hydrogen (secondary N) is 2. The lowest BCUT2D eigenvalue weighted by atomic mass is 10.1. The number of nitriles is 2. The third kappa shape index (κ3) is 5.20. The molecule has 0 aliphatic carbocycles. The molecule has 0 bridgehead atoms. The van der Waals surface area contributed by atoms with Crippen molar-refractivity contribution in [3.8, 4) is 12.1 Å². The van der Waals surface area contributed by atoms with Gasteiger partial charge in [0.1, 0.15) is 17.7 Å². The summed E-state index contributed by atoms with van der Waals surface area (Å²) in [5, 5.41) is 23.8. The van der Waals surface area contributed by atoms with Gasteiger partial charge in [-0.05, 0) is 30.2 Å². The molecule has 5 nitrogen and oxygen atoms in total. The van der Waals surface area contributed by atoms with Gasteiger partial charge in [0.05, 0.1) is 11.3 Å². The lowest BCUT2D eigenvalue weighted by molar-refractivity contribution is -0.112. The second-order valence-corrected chi connectivity index (χ2v) is 5.93. The maximum absolute atomic E-state index is 12.2. The van der Waals surface area contributed by atoms with Gasteiger partial charge in [-0.15, -0.1) is 0 Å². The molecule has 1 amide bonds. The highest BCUT2D eigenvalue weighted by Crippen LogP contribution is 2.16. The first kappa shape index (κ1) is 18.3. The fraction of sp³-hybridized carbons (Fsp3) is 0.105. The van der Waals surface area contributed by atoms with Crippen LogP contribution in [0.3, 0.4) is 0 Å². The standard InChI is InChI=1S/C19H15BrN4O/c20-17-7-3-1-5-14(17)9-10-23-13-16(12-22)19(25)24-18-8-4-2-6-15(18)11-21/h1-8,13,23H,9-10H2,(H,24,25)/b16-13-. The van der Waals surface area contributed by atoms with Crippen LogP contribution in [0.25, 0.3) is 0 Å². The van der Waals surface area contributed by atoms with Crippen molar-refractivity contribution >= 4 is 27.5 Å². The predicted molar refractivity (Wildman–Crippen MR) is 99.3 cm³/mol. The highest BCUT2D eigenvalue weighted by atomic mass is 79.9. The number of carbonyl (C=O) groups is 1. The topological polar surface area (TPSA) is 88.7 Å². The molecule has 0 aliphatic heterocycles. The minimum Gasteiger partial charge on any atom is -0.389 e. The van der Waals surface area contributed by atoms with Crippen LogP contribution in [0.2, 0.25) is 0 Å². The summed E-state index contributed by atoms with van der Waals surface area (Å²) in [6.45, 7) is 0.579. The third-order valence-corrected chi connectivity index (χ3v) is 4.18. The zero-order valence-electron chi connectivity index (χ0n) is 13.3. The molecule has 0 saturated carbocycles. The highest BCUT2D eigenvalue weighted by Gasteiger charge is 2.11. The number of para-hydroxylation sites is 1. The van der Waals surface area contributed by atoms with Crippen molar-refractivity contribution in [3.05, 3.63) is 75.9 Å². The van der Waals surface area contributed by atoms with Crippen molar-refractivity contribution in [1.29, 1.82) is 10.5 Å². The number of carbonyl (C=O) groups excluding carboxylic acids is 1. The smallest absolute Gasteiger partial charge is 0.267 e. The Morgan fingerprint density at radius 1 is 1.12 bits per heavy atom. The molecule has 124 valence electrons. The monoisotopic (exact) mass is 394 g/mol. The van der Waals surface area contributed by atoms with Gasteiger partial charge in [-0.3, -0.25) is 4.79 Å². The average Bonchev–Trinajstić information content (AvgIpc) is 2.63. The predicted octanol–water partition coefficient (Wildman–Crippen LogP) is 3.50. The summed E-state index contributed by atoms with van der Waals surface area (Å²) in [7, 11) is 0. The third-order valence-electron chi connectivity index (χ3n) is 3.40. The van der Waals surface area contributed by atoms with E-state index in [1.807, 2.05) is 36.4 Å². The van der Waals surface area contributed by atoms with Crippen molar-refractivity contribution in [2.24, 2.45) is 0 Å². The molecule has 0 atom stereocenters. The van der Waals surface area contributed by atoms with Gasteiger partial charge >= 0.3 is 0 Å². The number of amides is 1. The molecule has 0 unspecified atom stereocenters. The van der Waals surface area contributed by atoms with E-state index in [1.54, 1.807) is 24.3 Å². The van der Waals surface area contributed by atoms with E-state index in [2.05, 4.69) is 26.6 Å². The van der Waals surface area contributed by atoms with E-state index in [-0.39, 0.29) is 5.57 Å². The Morgan fingerprint density at radius 2 is 1.84 bits per heavy atom. The minimum absolute atomic E-state index is 0.0557. The molecule has 2 rings (SSSR count). The molecule has 2 aromatic rings. The number of hydrogen-bond donors (Lipinski definition) is 2. The Kier molecular flexibility index (Phi) is 6.76. The second-order valence-electron chi connectivity index (χ2n) is 5.08. The summed E-state index contributed by atoms with van der Waals surface area (Å²) in [4.78, 5) is 12.2. The lowest BCUT2D eigenvalue weighted by Crippen LogP contribution is -2.18. The summed E-state index contributed by atoms with van der Waals surface area (Å²) >= 11 is 3.48. The molecule has 0 heterocycles. The van der Waals surface area contributed by atoms with Crippen LogP contribution >= 0.6 is 15.9 Å². The quantitative estimate of drug-likeness (QED) is 0.445. The fourth-order valence-corrected chi connectivity index (χ4v) is 2.59. The Bertz CT molecular complexity index is 877. The summed E-state index contributed by atoms with van der Waals surface area (Å²) in [5.74, 6) is -0.557. The molecule has 0 aromatic heterocycles. The molecule has 0 radical (unpaired) electrons. The molecular formula is C19H15BrN4O. The normalized spacial score (nSPS) is 10.4. The van der Waals surface area contributed by atoms with Gasteiger partial charge in [-0.1, -0.05) is 46.3 Å². The zero-order valence-corrected chi connectivity index (χ0v) is 14.9. The molecule has 2 aromatic carbocycles. The van der Waals surface area contributed by atoms with Gasteiger partial charge in [0.15, 0.2) is 0 Å². The molecule has 0 saturated heterocycles. The number of benzene rings is 2. The van der Waals surface area contributed by atoms with Crippen molar-refractivity contribution in [2.75, 3.05) is 11.9 Å². The Labute approximate surface area is 154 Å². The van der Waals surface area contributed by atoms with E-state index in [0.717, 1.165) is 16.5 Å². The second kappa shape index (κ2) is 9.27. The first-order valence-corrected chi connectivity index (χ1v) is 8.32. The molecule has 0 fully saturated rings. The fourth-order valence-electron chi connectivity index (χ4n) is 2.11.